The molecule has 1 atom stereocenters. The van der Waals surface area contributed by atoms with E-state index in [0.717, 1.165) is 27.7 Å². The number of carbonyl (C=O) groups excluding carboxylic acids is 1. The Labute approximate surface area is 149 Å². The van der Waals surface area contributed by atoms with Crippen LogP contribution in [-0.4, -0.2) is 17.4 Å². The highest BCUT2D eigenvalue weighted by Gasteiger charge is 2.14. The van der Waals surface area contributed by atoms with E-state index in [0.29, 0.717) is 18.9 Å². The minimum Gasteiger partial charge on any atom is -0.355 e. The van der Waals surface area contributed by atoms with Crippen LogP contribution in [0.25, 0.3) is 10.9 Å². The van der Waals surface area contributed by atoms with Gasteiger partial charge in [0.2, 0.25) is 5.91 Å². The molecule has 0 fully saturated rings. The molecular weight excluding hydrogens is 308 g/mol. The summed E-state index contributed by atoms with van der Waals surface area (Å²) in [6, 6.07) is 18.3. The van der Waals surface area contributed by atoms with E-state index in [9.17, 15) is 4.79 Å². The van der Waals surface area contributed by atoms with Crippen LogP contribution >= 0.6 is 0 Å². The third kappa shape index (κ3) is 3.87. The van der Waals surface area contributed by atoms with Crippen molar-refractivity contribution in [3.8, 4) is 0 Å². The molecule has 0 bridgehead atoms. The van der Waals surface area contributed by atoms with Gasteiger partial charge in [-0.2, -0.15) is 0 Å². The third-order valence-corrected chi connectivity index (χ3v) is 4.80. The Morgan fingerprint density at radius 1 is 1.04 bits per heavy atom. The van der Waals surface area contributed by atoms with Gasteiger partial charge in [-0.1, -0.05) is 55.5 Å². The fourth-order valence-corrected chi connectivity index (χ4v) is 3.22. The average molecular weight is 332 g/mol. The topological polar surface area (TPSA) is 42.0 Å². The van der Waals surface area contributed by atoms with Gasteiger partial charge in [0.1, 0.15) is 0 Å². The first-order valence-electron chi connectivity index (χ1n) is 8.72. The summed E-state index contributed by atoms with van der Waals surface area (Å²) in [7, 11) is 0. The van der Waals surface area contributed by atoms with Crippen LogP contribution in [-0.2, 0) is 11.2 Å². The van der Waals surface area contributed by atoms with Crippen LogP contribution in [0, 0.1) is 13.8 Å². The Hall–Kier alpha value is -2.68. The Kier molecular flexibility index (Phi) is 5.13. The molecule has 3 rings (SSSR count). The molecule has 128 valence electrons. The molecular formula is C22H24N2O. The summed E-state index contributed by atoms with van der Waals surface area (Å²) >= 11 is 0. The van der Waals surface area contributed by atoms with Crippen LogP contribution in [0.2, 0.25) is 0 Å². The van der Waals surface area contributed by atoms with Crippen molar-refractivity contribution < 1.29 is 4.79 Å². The van der Waals surface area contributed by atoms with E-state index >= 15 is 0 Å². The van der Waals surface area contributed by atoms with Crippen molar-refractivity contribution in [1.82, 2.24) is 10.3 Å². The number of nitrogens with one attached hydrogen (secondary N) is 1. The molecule has 1 unspecified atom stereocenters. The van der Waals surface area contributed by atoms with E-state index in [-0.39, 0.29) is 5.91 Å². The van der Waals surface area contributed by atoms with Crippen LogP contribution in [0.15, 0.2) is 54.6 Å². The monoisotopic (exact) mass is 332 g/mol. The quantitative estimate of drug-likeness (QED) is 0.756. The van der Waals surface area contributed by atoms with Gasteiger partial charge in [0.15, 0.2) is 0 Å². The van der Waals surface area contributed by atoms with Gasteiger partial charge in [0.25, 0.3) is 0 Å². The summed E-state index contributed by atoms with van der Waals surface area (Å²) in [4.78, 5) is 17.1. The summed E-state index contributed by atoms with van der Waals surface area (Å²) in [5, 5.41) is 4.18. The van der Waals surface area contributed by atoms with E-state index in [1.807, 2.05) is 43.3 Å². The van der Waals surface area contributed by atoms with Gasteiger partial charge in [0, 0.05) is 17.6 Å². The Balaban J connectivity index is 1.70. The summed E-state index contributed by atoms with van der Waals surface area (Å²) < 4.78 is 0. The van der Waals surface area contributed by atoms with Gasteiger partial charge in [-0.15, -0.1) is 0 Å². The molecule has 1 amide bonds. The van der Waals surface area contributed by atoms with Crippen LogP contribution in [0.5, 0.6) is 0 Å². The van der Waals surface area contributed by atoms with Crippen molar-refractivity contribution in [2.24, 2.45) is 0 Å². The molecule has 0 aliphatic carbocycles. The van der Waals surface area contributed by atoms with Gasteiger partial charge < -0.3 is 5.32 Å². The van der Waals surface area contributed by atoms with Crippen molar-refractivity contribution in [2.45, 2.75) is 33.1 Å². The van der Waals surface area contributed by atoms with Crippen LogP contribution in [0.4, 0.5) is 0 Å². The third-order valence-electron chi connectivity index (χ3n) is 4.80. The zero-order valence-electron chi connectivity index (χ0n) is 15.0. The van der Waals surface area contributed by atoms with Crippen molar-refractivity contribution >= 4 is 16.8 Å². The fourth-order valence-electron chi connectivity index (χ4n) is 3.22. The number of fused-ring (bicyclic) bond motifs is 1. The van der Waals surface area contributed by atoms with Crippen LogP contribution in [0.3, 0.4) is 0 Å². The summed E-state index contributed by atoms with van der Waals surface area (Å²) in [5.74, 6) is 0.341. The number of aromatic nitrogens is 1. The SMILES string of the molecule is Cc1nc2ccccc2c(C)c1CC(=O)NCC(C)c1ccccc1. The van der Waals surface area contributed by atoms with Crippen LogP contribution < -0.4 is 5.32 Å². The molecule has 0 saturated heterocycles. The number of aryl methyl sites for hydroxylation is 2. The van der Waals surface area contributed by atoms with Gasteiger partial charge >= 0.3 is 0 Å². The lowest BCUT2D eigenvalue weighted by Gasteiger charge is -2.15. The van der Waals surface area contributed by atoms with Crippen molar-refractivity contribution in [3.05, 3.63) is 77.0 Å². The molecule has 3 aromatic rings. The first-order valence-corrected chi connectivity index (χ1v) is 8.72. The number of pyridine rings is 1. The Morgan fingerprint density at radius 3 is 2.48 bits per heavy atom. The molecule has 2 aromatic carbocycles. The maximum absolute atomic E-state index is 12.4. The second kappa shape index (κ2) is 7.47. The van der Waals surface area contributed by atoms with Crippen molar-refractivity contribution in [3.63, 3.8) is 0 Å². The summed E-state index contributed by atoms with van der Waals surface area (Å²) in [6.07, 6.45) is 0.372. The predicted molar refractivity (Wildman–Crippen MR) is 103 cm³/mol. The minimum absolute atomic E-state index is 0.0473. The molecule has 1 N–H and O–H groups in total. The zero-order valence-corrected chi connectivity index (χ0v) is 15.0. The van der Waals surface area contributed by atoms with E-state index < -0.39 is 0 Å². The number of hydrogen-bond donors (Lipinski definition) is 1. The number of carbonyl (C=O) groups is 1. The zero-order chi connectivity index (χ0) is 17.8. The number of nitrogens with zero attached hydrogens (tertiary/aromatic N) is 1. The van der Waals surface area contributed by atoms with E-state index in [4.69, 9.17) is 0 Å². The van der Waals surface area contributed by atoms with Gasteiger partial charge in [-0.25, -0.2) is 0 Å². The van der Waals surface area contributed by atoms with Gasteiger partial charge in [-0.05, 0) is 42.5 Å². The molecule has 0 spiro atoms. The number of amides is 1. The lowest BCUT2D eigenvalue weighted by Crippen LogP contribution is -2.29. The highest BCUT2D eigenvalue weighted by molar-refractivity contribution is 5.86. The minimum atomic E-state index is 0.0473. The Bertz CT molecular complexity index is 887. The first kappa shape index (κ1) is 17.2. The summed E-state index contributed by atoms with van der Waals surface area (Å²) in [6.45, 7) is 6.83. The average Bonchev–Trinajstić information content (AvgIpc) is 2.64. The second-order valence-corrected chi connectivity index (χ2v) is 6.61. The molecule has 25 heavy (non-hydrogen) atoms. The smallest absolute Gasteiger partial charge is 0.224 e. The van der Waals surface area contributed by atoms with Crippen molar-refractivity contribution in [1.29, 1.82) is 0 Å². The maximum atomic E-state index is 12.4. The molecule has 0 aliphatic heterocycles. The largest absolute Gasteiger partial charge is 0.355 e. The normalized spacial score (nSPS) is 12.1. The van der Waals surface area contributed by atoms with E-state index in [2.05, 4.69) is 42.3 Å². The lowest BCUT2D eigenvalue weighted by atomic mass is 9.98. The first-order chi connectivity index (χ1) is 12.1. The Morgan fingerprint density at radius 2 is 1.72 bits per heavy atom. The second-order valence-electron chi connectivity index (χ2n) is 6.61. The van der Waals surface area contributed by atoms with Crippen LogP contribution in [0.1, 0.15) is 35.2 Å². The van der Waals surface area contributed by atoms with E-state index in [1.54, 1.807) is 0 Å². The van der Waals surface area contributed by atoms with Gasteiger partial charge in [-0.3, -0.25) is 9.78 Å². The van der Waals surface area contributed by atoms with Gasteiger partial charge in [0.05, 0.1) is 11.9 Å². The fraction of sp³-hybridized carbons (Fsp3) is 0.273. The highest BCUT2D eigenvalue weighted by atomic mass is 16.1. The maximum Gasteiger partial charge on any atom is 0.224 e. The molecule has 3 nitrogen and oxygen atoms in total. The molecule has 1 heterocycles. The molecule has 3 heteroatoms. The molecule has 1 aromatic heterocycles. The standard InChI is InChI=1S/C22H24N2O/c1-15(18-9-5-4-6-10-18)14-23-22(25)13-20-16(2)19-11-7-8-12-21(19)24-17(20)3/h4-12,15H,13-14H2,1-3H3,(H,23,25). The molecule has 0 aliphatic rings. The van der Waals surface area contributed by atoms with E-state index in [1.165, 1.54) is 5.56 Å². The number of para-hydroxylation sites is 1. The lowest BCUT2D eigenvalue weighted by molar-refractivity contribution is -0.120. The number of hydrogen-bond acceptors (Lipinski definition) is 2. The summed E-state index contributed by atoms with van der Waals surface area (Å²) in [5.41, 5.74) is 5.34. The number of benzene rings is 2. The molecule has 0 saturated carbocycles. The molecule has 0 radical (unpaired) electrons. The number of rotatable bonds is 5. The predicted octanol–water partition coefficient (Wildman–Crippen LogP) is 4.31. The highest BCUT2D eigenvalue weighted by Crippen LogP contribution is 2.23. The van der Waals surface area contributed by atoms with Crippen molar-refractivity contribution in [2.75, 3.05) is 6.54 Å².